The molecule has 1 amide bonds. The zero-order valence-electron chi connectivity index (χ0n) is 24.9. The molecule has 0 radical (unpaired) electrons. The molecule has 2 aromatic carbocycles. The minimum absolute atomic E-state index is 0.0849. The second-order valence-electron chi connectivity index (χ2n) is 11.9. The Morgan fingerprint density at radius 3 is 2.48 bits per heavy atom. The van der Waals surface area contributed by atoms with Gasteiger partial charge in [-0.05, 0) is 61.4 Å². The van der Waals surface area contributed by atoms with Gasteiger partial charge in [0.25, 0.3) is 5.91 Å². The van der Waals surface area contributed by atoms with Crippen molar-refractivity contribution in [3.8, 4) is 10.8 Å². The number of thiophene rings is 1. The lowest BCUT2D eigenvalue weighted by Gasteiger charge is -2.45. The fourth-order valence-electron chi connectivity index (χ4n) is 5.74. The van der Waals surface area contributed by atoms with Crippen LogP contribution in [0.5, 0.6) is 5.75 Å². The number of imidazole rings is 1. The van der Waals surface area contributed by atoms with Crippen molar-refractivity contribution in [1.29, 1.82) is 0 Å². The van der Waals surface area contributed by atoms with Gasteiger partial charge in [0.05, 0.1) is 11.0 Å². The number of nitrogens with one attached hydrogen (secondary N) is 1. The van der Waals surface area contributed by atoms with Gasteiger partial charge in [-0.15, -0.1) is 11.3 Å². The maximum atomic E-state index is 12.4. The molecular weight excluding hydrogens is 572 g/mol. The van der Waals surface area contributed by atoms with E-state index in [1.807, 2.05) is 76.4 Å². The molecule has 0 fully saturated rings. The average molecular weight is 611 g/mol. The number of carboxylic acid groups (broad SMARTS) is 1. The lowest BCUT2D eigenvalue weighted by molar-refractivity contribution is -0.153. The van der Waals surface area contributed by atoms with E-state index in [0.717, 1.165) is 40.0 Å². The summed E-state index contributed by atoms with van der Waals surface area (Å²) in [6.07, 6.45) is 2.85. The normalized spacial score (nSPS) is 14.2. The van der Waals surface area contributed by atoms with Gasteiger partial charge < -0.3 is 20.9 Å². The molecule has 4 aromatic rings. The summed E-state index contributed by atoms with van der Waals surface area (Å²) < 4.78 is 8.11. The number of hydrogen-bond donors (Lipinski definition) is 3. The number of fused-ring (bicyclic) bond motifs is 1. The highest BCUT2D eigenvalue weighted by Gasteiger charge is 2.50. The molecule has 2 heterocycles. The third-order valence-corrected chi connectivity index (χ3v) is 9.31. The first kappa shape index (κ1) is 31.5. The molecule has 0 bridgehead atoms. The van der Waals surface area contributed by atoms with Gasteiger partial charge >= 0.3 is 5.97 Å². The molecular formula is C32H39ClN4O4S. The first-order valence-electron chi connectivity index (χ1n) is 14.1. The SMILES string of the molecule is CC(C)[C@](NCCCc1ccc2ncn(-c3cc(O[C@H](C)c4ccccc4Cl)c(C(N)=O)s3)c2c1)(C(=O)O)C(C)(C)C. The number of primary amides is 1. The number of halogens is 1. The van der Waals surface area contributed by atoms with Gasteiger partial charge in [-0.1, -0.05) is 70.5 Å². The molecule has 2 aromatic heterocycles. The lowest BCUT2D eigenvalue weighted by atomic mass is 9.67. The van der Waals surface area contributed by atoms with Crippen molar-refractivity contribution < 1.29 is 19.4 Å². The minimum atomic E-state index is -1.03. The number of carbonyl (C=O) groups excluding carboxylic acids is 1. The summed E-state index contributed by atoms with van der Waals surface area (Å²) in [5.41, 5.74) is 7.84. The molecule has 0 saturated carbocycles. The highest BCUT2D eigenvalue weighted by Crippen LogP contribution is 2.38. The predicted octanol–water partition coefficient (Wildman–Crippen LogP) is 7.03. The van der Waals surface area contributed by atoms with Crippen LogP contribution in [0.15, 0.2) is 54.9 Å². The molecule has 8 nitrogen and oxygen atoms in total. The van der Waals surface area contributed by atoms with Gasteiger partial charge in [0.15, 0.2) is 0 Å². The van der Waals surface area contributed by atoms with Gasteiger partial charge in [-0.3, -0.25) is 14.2 Å². The van der Waals surface area contributed by atoms with Crippen LogP contribution in [0.2, 0.25) is 5.02 Å². The number of benzene rings is 2. The van der Waals surface area contributed by atoms with E-state index in [-0.39, 0.29) is 5.92 Å². The zero-order chi connectivity index (χ0) is 30.8. The van der Waals surface area contributed by atoms with Crippen molar-refractivity contribution in [3.05, 3.63) is 75.9 Å². The number of carboxylic acids is 1. The van der Waals surface area contributed by atoms with Crippen molar-refractivity contribution >= 4 is 45.8 Å². The van der Waals surface area contributed by atoms with E-state index in [2.05, 4.69) is 16.4 Å². The Morgan fingerprint density at radius 2 is 1.86 bits per heavy atom. The smallest absolute Gasteiger partial charge is 0.324 e. The molecule has 224 valence electrons. The fraction of sp³-hybridized carbons (Fsp3) is 0.406. The van der Waals surface area contributed by atoms with Crippen molar-refractivity contribution in [1.82, 2.24) is 14.9 Å². The monoisotopic (exact) mass is 610 g/mol. The Labute approximate surface area is 255 Å². The average Bonchev–Trinajstić information content (AvgIpc) is 3.51. The van der Waals surface area contributed by atoms with E-state index >= 15 is 0 Å². The largest absolute Gasteiger partial charge is 0.484 e. The Morgan fingerprint density at radius 1 is 1.14 bits per heavy atom. The topological polar surface area (TPSA) is 119 Å². The van der Waals surface area contributed by atoms with Crippen LogP contribution < -0.4 is 15.8 Å². The highest BCUT2D eigenvalue weighted by molar-refractivity contribution is 7.16. The standard InChI is InChI=1S/C32H39ClN4O4S/c1-19(2)32(30(39)40,31(4,5)6)36-15-9-10-21-13-14-24-25(16-21)37(18-35-24)27-17-26(28(42-27)29(34)38)41-20(3)22-11-7-8-12-23(22)33/h7-8,11-14,16-20,36H,9-10,15H2,1-6H3,(H2,34,38)(H,39,40)/t20-,32+/m1/s1. The number of aromatic nitrogens is 2. The van der Waals surface area contributed by atoms with Gasteiger partial charge in [0, 0.05) is 16.7 Å². The van der Waals surface area contributed by atoms with Crippen LogP contribution in [0, 0.1) is 11.3 Å². The third kappa shape index (κ3) is 6.19. The highest BCUT2D eigenvalue weighted by atomic mass is 35.5. The van der Waals surface area contributed by atoms with Crippen LogP contribution >= 0.6 is 22.9 Å². The summed E-state index contributed by atoms with van der Waals surface area (Å²) in [5, 5.41) is 14.9. The first-order chi connectivity index (χ1) is 19.8. The molecule has 0 unspecified atom stereocenters. The van der Waals surface area contributed by atoms with Crippen LogP contribution in [-0.4, -0.2) is 38.6 Å². The third-order valence-electron chi connectivity index (χ3n) is 7.84. The predicted molar refractivity (Wildman–Crippen MR) is 169 cm³/mol. The Bertz CT molecular complexity index is 1590. The molecule has 0 aliphatic heterocycles. The van der Waals surface area contributed by atoms with Crippen LogP contribution in [0.4, 0.5) is 0 Å². The molecule has 2 atom stereocenters. The van der Waals surface area contributed by atoms with E-state index in [4.69, 9.17) is 22.1 Å². The van der Waals surface area contributed by atoms with E-state index in [9.17, 15) is 14.7 Å². The van der Waals surface area contributed by atoms with E-state index in [1.54, 1.807) is 18.5 Å². The van der Waals surface area contributed by atoms with Crippen LogP contribution in [0.25, 0.3) is 16.0 Å². The number of aliphatic carboxylic acids is 1. The molecule has 0 spiro atoms. The summed E-state index contributed by atoms with van der Waals surface area (Å²) in [7, 11) is 0. The number of nitrogens with zero attached hydrogens (tertiary/aromatic N) is 2. The van der Waals surface area contributed by atoms with Crippen molar-refractivity contribution in [2.75, 3.05) is 6.54 Å². The van der Waals surface area contributed by atoms with Crippen molar-refractivity contribution in [2.45, 2.75) is 66.0 Å². The second-order valence-corrected chi connectivity index (χ2v) is 13.3. The fourth-order valence-corrected chi connectivity index (χ4v) is 6.96. The quantitative estimate of drug-likeness (QED) is 0.148. The molecule has 42 heavy (non-hydrogen) atoms. The molecule has 10 heteroatoms. The van der Waals surface area contributed by atoms with Gasteiger partial charge in [0.2, 0.25) is 0 Å². The van der Waals surface area contributed by atoms with E-state index < -0.39 is 28.9 Å². The summed E-state index contributed by atoms with van der Waals surface area (Å²) in [4.78, 5) is 29.6. The van der Waals surface area contributed by atoms with Crippen molar-refractivity contribution in [2.24, 2.45) is 17.1 Å². The van der Waals surface area contributed by atoms with Crippen molar-refractivity contribution in [3.63, 3.8) is 0 Å². The summed E-state index contributed by atoms with van der Waals surface area (Å²) in [6, 6.07) is 15.3. The summed E-state index contributed by atoms with van der Waals surface area (Å²) >= 11 is 7.60. The number of carbonyl (C=O) groups is 2. The Kier molecular flexibility index (Phi) is 9.35. The number of aryl methyl sites for hydroxylation is 1. The Balaban J connectivity index is 1.55. The van der Waals surface area contributed by atoms with Gasteiger partial charge in [-0.2, -0.15) is 0 Å². The minimum Gasteiger partial charge on any atom is -0.484 e. The van der Waals surface area contributed by atoms with E-state index in [1.165, 1.54) is 11.3 Å². The summed E-state index contributed by atoms with van der Waals surface area (Å²) in [6.45, 7) is 12.2. The lowest BCUT2D eigenvalue weighted by Crippen LogP contribution is -2.64. The maximum Gasteiger partial charge on any atom is 0.324 e. The molecule has 4 N–H and O–H groups in total. The van der Waals surface area contributed by atoms with E-state index in [0.29, 0.717) is 22.2 Å². The number of amides is 1. The molecule has 0 aliphatic rings. The van der Waals surface area contributed by atoms with Crippen LogP contribution in [0.1, 0.15) is 74.9 Å². The number of nitrogens with two attached hydrogens (primary N) is 1. The molecule has 0 aliphatic carbocycles. The van der Waals surface area contributed by atoms with Crippen LogP contribution in [-0.2, 0) is 11.2 Å². The van der Waals surface area contributed by atoms with Gasteiger partial charge in [-0.25, -0.2) is 4.98 Å². The second kappa shape index (κ2) is 12.5. The zero-order valence-corrected chi connectivity index (χ0v) is 26.5. The Hall–Kier alpha value is -3.40. The number of hydrogen-bond acceptors (Lipinski definition) is 6. The molecule has 4 rings (SSSR count). The molecule has 0 saturated heterocycles. The first-order valence-corrected chi connectivity index (χ1v) is 15.2. The summed E-state index contributed by atoms with van der Waals surface area (Å²) in [5.74, 6) is -1.09. The van der Waals surface area contributed by atoms with Gasteiger partial charge in [0.1, 0.15) is 33.6 Å². The number of rotatable bonds is 12. The maximum absolute atomic E-state index is 12.4. The van der Waals surface area contributed by atoms with Crippen LogP contribution in [0.3, 0.4) is 0 Å². The number of ether oxygens (including phenoxy) is 1.